The maximum Gasteiger partial charge on any atom is 0.270 e. The minimum absolute atomic E-state index is 0.00609. The number of rotatable bonds is 6. The van der Waals surface area contributed by atoms with Gasteiger partial charge in [-0.3, -0.25) is 20.2 Å². The number of aromatic nitrogens is 1. The van der Waals surface area contributed by atoms with E-state index >= 15 is 0 Å². The standard InChI is InChI=1S/C22H20N4O3S2/c1-14(2)16-9-6-15(7-10-16)8-11-20(27)24-21(30)25-22-23-19(13-31-22)17-4-3-5-18(12-17)26(28)29/h3-14H,1-2H3,(H2,23,24,25,27,30)/b11-8+. The minimum Gasteiger partial charge on any atom is -0.308 e. The second-order valence-electron chi connectivity index (χ2n) is 6.94. The lowest BCUT2D eigenvalue weighted by atomic mass is 10.0. The Bertz CT molecular complexity index is 1140. The van der Waals surface area contributed by atoms with Gasteiger partial charge in [-0.25, -0.2) is 4.98 Å². The summed E-state index contributed by atoms with van der Waals surface area (Å²) in [6.07, 6.45) is 3.13. The molecule has 0 bridgehead atoms. The van der Waals surface area contributed by atoms with Gasteiger partial charge in [0, 0.05) is 29.2 Å². The molecule has 1 heterocycles. The molecule has 0 saturated heterocycles. The monoisotopic (exact) mass is 452 g/mol. The lowest BCUT2D eigenvalue weighted by Gasteiger charge is -2.05. The molecule has 1 amide bonds. The molecular formula is C22H20N4O3S2. The fourth-order valence-corrected chi connectivity index (χ4v) is 3.67. The van der Waals surface area contributed by atoms with Crippen molar-refractivity contribution in [1.29, 1.82) is 0 Å². The van der Waals surface area contributed by atoms with Crippen LogP contribution >= 0.6 is 23.6 Å². The summed E-state index contributed by atoms with van der Waals surface area (Å²) in [6.45, 7) is 4.25. The van der Waals surface area contributed by atoms with Crippen LogP contribution in [-0.2, 0) is 4.79 Å². The van der Waals surface area contributed by atoms with Crippen molar-refractivity contribution in [3.8, 4) is 11.3 Å². The fourth-order valence-electron chi connectivity index (χ4n) is 2.69. The second-order valence-corrected chi connectivity index (χ2v) is 8.21. The third-order valence-corrected chi connectivity index (χ3v) is 5.31. The van der Waals surface area contributed by atoms with Crippen LogP contribution in [0.1, 0.15) is 30.9 Å². The van der Waals surface area contributed by atoms with Crippen LogP contribution in [0.5, 0.6) is 0 Å². The average Bonchev–Trinajstić information content (AvgIpc) is 3.21. The summed E-state index contributed by atoms with van der Waals surface area (Å²) in [5, 5.41) is 18.7. The maximum atomic E-state index is 12.1. The molecule has 0 aliphatic rings. The van der Waals surface area contributed by atoms with Crippen LogP contribution in [0, 0.1) is 10.1 Å². The Kier molecular flexibility index (Phi) is 7.22. The van der Waals surface area contributed by atoms with Gasteiger partial charge in [0.2, 0.25) is 5.91 Å². The molecular weight excluding hydrogens is 432 g/mol. The quantitative estimate of drug-likeness (QED) is 0.226. The number of hydrogen-bond donors (Lipinski definition) is 2. The van der Waals surface area contributed by atoms with E-state index in [1.807, 2.05) is 24.3 Å². The van der Waals surface area contributed by atoms with Crippen molar-refractivity contribution in [3.63, 3.8) is 0 Å². The molecule has 1 aromatic heterocycles. The van der Waals surface area contributed by atoms with E-state index < -0.39 is 4.92 Å². The first-order valence-corrected chi connectivity index (χ1v) is 10.7. The largest absolute Gasteiger partial charge is 0.308 e. The van der Waals surface area contributed by atoms with Crippen LogP contribution in [0.3, 0.4) is 0 Å². The summed E-state index contributed by atoms with van der Waals surface area (Å²) in [6, 6.07) is 14.2. The zero-order chi connectivity index (χ0) is 22.4. The molecule has 0 atom stereocenters. The average molecular weight is 453 g/mol. The molecule has 2 aromatic carbocycles. The van der Waals surface area contributed by atoms with E-state index in [-0.39, 0.29) is 16.7 Å². The number of carbonyl (C=O) groups excluding carboxylic acids is 1. The van der Waals surface area contributed by atoms with Crippen molar-refractivity contribution in [2.45, 2.75) is 19.8 Å². The van der Waals surface area contributed by atoms with Crippen molar-refractivity contribution in [3.05, 3.63) is 81.2 Å². The highest BCUT2D eigenvalue weighted by molar-refractivity contribution is 7.80. The Morgan fingerprint density at radius 1 is 1.23 bits per heavy atom. The summed E-state index contributed by atoms with van der Waals surface area (Å²) in [5.74, 6) is 0.0917. The third-order valence-electron chi connectivity index (χ3n) is 4.34. The second kappa shape index (κ2) is 10.1. The molecule has 0 aliphatic heterocycles. The zero-order valence-corrected chi connectivity index (χ0v) is 18.5. The summed E-state index contributed by atoms with van der Waals surface area (Å²) < 4.78 is 0. The number of nitro groups is 1. The molecule has 7 nitrogen and oxygen atoms in total. The number of nitro benzene ring substituents is 1. The van der Waals surface area contributed by atoms with Gasteiger partial charge in [0.15, 0.2) is 10.2 Å². The van der Waals surface area contributed by atoms with Gasteiger partial charge in [0.25, 0.3) is 5.69 Å². The summed E-state index contributed by atoms with van der Waals surface area (Å²) in [4.78, 5) is 27.0. The molecule has 3 rings (SSSR count). The number of thiocarbonyl (C=S) groups is 1. The lowest BCUT2D eigenvalue weighted by molar-refractivity contribution is -0.384. The predicted molar refractivity (Wildman–Crippen MR) is 128 cm³/mol. The van der Waals surface area contributed by atoms with Gasteiger partial charge >= 0.3 is 0 Å². The first-order chi connectivity index (χ1) is 14.8. The Labute approximate surface area is 189 Å². The van der Waals surface area contributed by atoms with Crippen molar-refractivity contribution in [2.75, 3.05) is 5.32 Å². The Balaban J connectivity index is 1.56. The number of hydrogen-bond acceptors (Lipinski definition) is 6. The lowest BCUT2D eigenvalue weighted by Crippen LogP contribution is -2.32. The van der Waals surface area contributed by atoms with Gasteiger partial charge in [-0.05, 0) is 35.3 Å². The van der Waals surface area contributed by atoms with Gasteiger partial charge in [0.05, 0.1) is 10.6 Å². The van der Waals surface area contributed by atoms with E-state index in [1.54, 1.807) is 23.6 Å². The number of non-ortho nitro benzene ring substituents is 1. The minimum atomic E-state index is -0.452. The van der Waals surface area contributed by atoms with Crippen molar-refractivity contribution in [1.82, 2.24) is 10.3 Å². The van der Waals surface area contributed by atoms with Crippen LogP contribution in [0.4, 0.5) is 10.8 Å². The molecule has 3 aromatic rings. The topological polar surface area (TPSA) is 97.2 Å². The molecule has 0 unspecified atom stereocenters. The van der Waals surface area contributed by atoms with Crippen LogP contribution in [0.15, 0.2) is 60.0 Å². The molecule has 0 aliphatic carbocycles. The highest BCUT2D eigenvalue weighted by atomic mass is 32.1. The molecule has 2 N–H and O–H groups in total. The molecule has 0 fully saturated rings. The maximum absolute atomic E-state index is 12.1. The zero-order valence-electron chi connectivity index (χ0n) is 16.9. The Morgan fingerprint density at radius 2 is 1.97 bits per heavy atom. The number of anilines is 1. The number of nitrogens with zero attached hydrogens (tertiary/aromatic N) is 2. The first kappa shape index (κ1) is 22.3. The molecule has 0 spiro atoms. The van der Waals surface area contributed by atoms with Crippen LogP contribution in [-0.4, -0.2) is 20.9 Å². The predicted octanol–water partition coefficient (Wildman–Crippen LogP) is 5.37. The van der Waals surface area contributed by atoms with Crippen molar-refractivity contribution < 1.29 is 9.72 Å². The number of benzene rings is 2. The van der Waals surface area contributed by atoms with Crippen LogP contribution < -0.4 is 10.6 Å². The summed E-state index contributed by atoms with van der Waals surface area (Å²) >= 11 is 6.45. The summed E-state index contributed by atoms with van der Waals surface area (Å²) in [7, 11) is 0. The van der Waals surface area contributed by atoms with Crippen molar-refractivity contribution >= 4 is 51.5 Å². The normalized spacial score (nSPS) is 10.9. The Morgan fingerprint density at radius 3 is 2.65 bits per heavy atom. The molecule has 9 heteroatoms. The molecule has 158 valence electrons. The van der Waals surface area contributed by atoms with Crippen molar-refractivity contribution in [2.24, 2.45) is 0 Å². The Hall–Kier alpha value is -3.43. The van der Waals surface area contributed by atoms with Gasteiger partial charge in [-0.15, -0.1) is 11.3 Å². The van der Waals surface area contributed by atoms with E-state index in [0.29, 0.717) is 22.3 Å². The number of carbonyl (C=O) groups is 1. The molecule has 0 radical (unpaired) electrons. The fraction of sp³-hybridized carbons (Fsp3) is 0.136. The third kappa shape index (κ3) is 6.27. The number of thiazole rings is 1. The van der Waals surface area contributed by atoms with Gasteiger partial charge in [0.1, 0.15) is 0 Å². The highest BCUT2D eigenvalue weighted by Gasteiger charge is 2.11. The van der Waals surface area contributed by atoms with E-state index in [4.69, 9.17) is 12.2 Å². The van der Waals surface area contributed by atoms with E-state index in [1.165, 1.54) is 35.1 Å². The SMILES string of the molecule is CC(C)c1ccc(/C=C/C(=O)NC(=S)Nc2nc(-c3cccc([N+](=O)[O-])c3)cs2)cc1. The van der Waals surface area contributed by atoms with Crippen LogP contribution in [0.2, 0.25) is 0 Å². The van der Waals surface area contributed by atoms with Gasteiger partial charge in [-0.2, -0.15) is 0 Å². The van der Waals surface area contributed by atoms with Gasteiger partial charge in [-0.1, -0.05) is 50.2 Å². The van der Waals surface area contributed by atoms with E-state index in [2.05, 4.69) is 29.5 Å². The molecule has 0 saturated carbocycles. The van der Waals surface area contributed by atoms with E-state index in [9.17, 15) is 14.9 Å². The smallest absolute Gasteiger partial charge is 0.270 e. The van der Waals surface area contributed by atoms with Crippen LogP contribution in [0.25, 0.3) is 17.3 Å². The molecule has 31 heavy (non-hydrogen) atoms. The number of amides is 1. The van der Waals surface area contributed by atoms with E-state index in [0.717, 1.165) is 5.56 Å². The number of nitrogens with one attached hydrogen (secondary N) is 2. The first-order valence-electron chi connectivity index (χ1n) is 9.42. The van der Waals surface area contributed by atoms with Gasteiger partial charge < -0.3 is 5.32 Å². The summed E-state index contributed by atoms with van der Waals surface area (Å²) in [5.41, 5.74) is 3.35. The highest BCUT2D eigenvalue weighted by Crippen LogP contribution is 2.27.